The number of benzene rings is 2. The Kier molecular flexibility index (Phi) is 6.68. The summed E-state index contributed by atoms with van der Waals surface area (Å²) >= 11 is 0. The first-order valence-electron chi connectivity index (χ1n) is 9.08. The molecule has 0 saturated carbocycles. The van der Waals surface area contributed by atoms with Crippen LogP contribution in [0.3, 0.4) is 0 Å². The van der Waals surface area contributed by atoms with Crippen LogP contribution in [0.5, 0.6) is 5.75 Å². The molecule has 0 bridgehead atoms. The maximum Gasteiger partial charge on any atom is 0.148 e. The minimum Gasteiger partial charge on any atom is -0.481 e. The first-order chi connectivity index (χ1) is 12.8. The summed E-state index contributed by atoms with van der Waals surface area (Å²) in [5.41, 5.74) is 3.85. The standard InChI is InChI=1S/C22H26N2O2/c1-2-13-26-22-10-6-5-8-19(22)14-23-15-21(25)17-24-12-11-18-7-3-4-9-20(18)16-24/h1,3-10,21,23,25H,11-17H2. The van der Waals surface area contributed by atoms with Crippen molar-refractivity contribution >= 4 is 0 Å². The van der Waals surface area contributed by atoms with Gasteiger partial charge in [-0.15, -0.1) is 6.42 Å². The van der Waals surface area contributed by atoms with Gasteiger partial charge in [-0.2, -0.15) is 0 Å². The van der Waals surface area contributed by atoms with Crippen molar-refractivity contribution in [2.45, 2.75) is 25.6 Å². The highest BCUT2D eigenvalue weighted by atomic mass is 16.5. The summed E-state index contributed by atoms with van der Waals surface area (Å²) in [6.07, 6.45) is 5.90. The van der Waals surface area contributed by atoms with E-state index in [1.54, 1.807) is 0 Å². The summed E-state index contributed by atoms with van der Waals surface area (Å²) < 4.78 is 5.55. The largest absolute Gasteiger partial charge is 0.481 e. The van der Waals surface area contributed by atoms with Gasteiger partial charge in [0.1, 0.15) is 12.4 Å². The Morgan fingerprint density at radius 1 is 1.15 bits per heavy atom. The summed E-state index contributed by atoms with van der Waals surface area (Å²) in [6.45, 7) is 4.03. The molecular weight excluding hydrogens is 324 g/mol. The molecule has 3 rings (SSSR count). The lowest BCUT2D eigenvalue weighted by Gasteiger charge is -2.30. The van der Waals surface area contributed by atoms with Gasteiger partial charge in [0.15, 0.2) is 0 Å². The summed E-state index contributed by atoms with van der Waals surface area (Å²) in [5.74, 6) is 3.27. The Labute approximate surface area is 155 Å². The number of para-hydroxylation sites is 1. The number of aliphatic hydroxyl groups is 1. The molecule has 1 heterocycles. The van der Waals surface area contributed by atoms with Gasteiger partial charge in [-0.1, -0.05) is 48.4 Å². The van der Waals surface area contributed by atoms with Crippen LogP contribution >= 0.6 is 0 Å². The molecule has 4 nitrogen and oxygen atoms in total. The fourth-order valence-corrected chi connectivity index (χ4v) is 3.36. The predicted molar refractivity (Wildman–Crippen MR) is 104 cm³/mol. The first kappa shape index (κ1) is 18.5. The Hall–Kier alpha value is -2.32. The lowest BCUT2D eigenvalue weighted by Crippen LogP contribution is -2.40. The maximum atomic E-state index is 10.4. The van der Waals surface area contributed by atoms with Crippen molar-refractivity contribution in [1.82, 2.24) is 10.2 Å². The number of terminal acetylenes is 1. The van der Waals surface area contributed by atoms with Gasteiger partial charge in [-0.25, -0.2) is 0 Å². The maximum absolute atomic E-state index is 10.4. The summed E-state index contributed by atoms with van der Waals surface area (Å²) in [7, 11) is 0. The third kappa shape index (κ3) is 5.09. The number of hydrogen-bond donors (Lipinski definition) is 2. The number of β-amino-alcohol motifs (C(OH)–C–C–N with tert-alkyl or cyclic N) is 1. The van der Waals surface area contributed by atoms with E-state index in [4.69, 9.17) is 11.2 Å². The zero-order valence-electron chi connectivity index (χ0n) is 15.0. The summed E-state index contributed by atoms with van der Waals surface area (Å²) in [4.78, 5) is 2.32. The minimum atomic E-state index is -0.404. The van der Waals surface area contributed by atoms with Gasteiger partial charge in [-0.3, -0.25) is 4.90 Å². The fraction of sp³-hybridized carbons (Fsp3) is 0.364. The van der Waals surface area contributed by atoms with E-state index in [2.05, 4.69) is 40.4 Å². The van der Waals surface area contributed by atoms with Crippen molar-refractivity contribution in [3.05, 3.63) is 65.2 Å². The molecule has 0 fully saturated rings. The van der Waals surface area contributed by atoms with Gasteiger partial charge in [0, 0.05) is 38.3 Å². The van der Waals surface area contributed by atoms with Crippen LogP contribution in [0.1, 0.15) is 16.7 Å². The number of ether oxygens (including phenoxy) is 1. The number of fused-ring (bicyclic) bond motifs is 1. The zero-order valence-corrected chi connectivity index (χ0v) is 15.0. The van der Waals surface area contributed by atoms with E-state index in [0.29, 0.717) is 19.6 Å². The van der Waals surface area contributed by atoms with E-state index >= 15 is 0 Å². The third-order valence-corrected chi connectivity index (χ3v) is 4.66. The molecule has 136 valence electrons. The van der Waals surface area contributed by atoms with Crippen molar-refractivity contribution in [3.8, 4) is 18.1 Å². The van der Waals surface area contributed by atoms with E-state index in [1.807, 2.05) is 24.3 Å². The van der Waals surface area contributed by atoms with Crippen LogP contribution in [-0.4, -0.2) is 42.4 Å². The second-order valence-electron chi connectivity index (χ2n) is 6.64. The van der Waals surface area contributed by atoms with Crippen LogP contribution in [0.25, 0.3) is 0 Å². The van der Waals surface area contributed by atoms with Crippen LogP contribution in [0, 0.1) is 12.3 Å². The van der Waals surface area contributed by atoms with E-state index in [1.165, 1.54) is 11.1 Å². The Morgan fingerprint density at radius 2 is 1.92 bits per heavy atom. The highest BCUT2D eigenvalue weighted by Crippen LogP contribution is 2.19. The van der Waals surface area contributed by atoms with E-state index < -0.39 is 6.10 Å². The van der Waals surface area contributed by atoms with Crippen LogP contribution in [0.4, 0.5) is 0 Å². The van der Waals surface area contributed by atoms with Crippen LogP contribution < -0.4 is 10.1 Å². The molecule has 0 aliphatic carbocycles. The van der Waals surface area contributed by atoms with E-state index in [0.717, 1.165) is 30.8 Å². The van der Waals surface area contributed by atoms with Gasteiger partial charge in [-0.05, 0) is 23.6 Å². The molecule has 1 atom stereocenters. The molecule has 0 aromatic heterocycles. The fourth-order valence-electron chi connectivity index (χ4n) is 3.36. The Balaban J connectivity index is 1.44. The van der Waals surface area contributed by atoms with Crippen LogP contribution in [0.2, 0.25) is 0 Å². The molecule has 2 aromatic carbocycles. The Morgan fingerprint density at radius 3 is 2.77 bits per heavy atom. The van der Waals surface area contributed by atoms with E-state index in [9.17, 15) is 5.11 Å². The smallest absolute Gasteiger partial charge is 0.148 e. The quantitative estimate of drug-likeness (QED) is 0.717. The number of hydrogen-bond acceptors (Lipinski definition) is 4. The molecule has 0 spiro atoms. The average Bonchev–Trinajstić information content (AvgIpc) is 2.67. The summed E-state index contributed by atoms with van der Waals surface area (Å²) in [6, 6.07) is 16.4. The molecule has 1 unspecified atom stereocenters. The molecule has 0 saturated heterocycles. The normalized spacial score (nSPS) is 15.1. The van der Waals surface area contributed by atoms with Crippen molar-refractivity contribution < 1.29 is 9.84 Å². The molecule has 0 radical (unpaired) electrons. The zero-order chi connectivity index (χ0) is 18.2. The molecule has 0 amide bonds. The second-order valence-corrected chi connectivity index (χ2v) is 6.64. The number of nitrogens with one attached hydrogen (secondary N) is 1. The predicted octanol–water partition coefficient (Wildman–Crippen LogP) is 2.21. The van der Waals surface area contributed by atoms with Gasteiger partial charge in [0.25, 0.3) is 0 Å². The lowest BCUT2D eigenvalue weighted by atomic mass is 10.00. The topological polar surface area (TPSA) is 44.7 Å². The van der Waals surface area contributed by atoms with Gasteiger partial charge >= 0.3 is 0 Å². The number of rotatable bonds is 8. The monoisotopic (exact) mass is 350 g/mol. The van der Waals surface area contributed by atoms with Crippen LogP contribution in [-0.2, 0) is 19.5 Å². The van der Waals surface area contributed by atoms with Crippen molar-refractivity contribution in [1.29, 1.82) is 0 Å². The molecule has 1 aliphatic heterocycles. The first-order valence-corrected chi connectivity index (χ1v) is 9.08. The number of nitrogens with zero attached hydrogens (tertiary/aromatic N) is 1. The highest BCUT2D eigenvalue weighted by molar-refractivity contribution is 5.33. The second kappa shape index (κ2) is 9.40. The SMILES string of the molecule is C#CCOc1ccccc1CNCC(O)CN1CCc2ccccc2C1. The lowest BCUT2D eigenvalue weighted by molar-refractivity contribution is 0.104. The molecule has 1 aliphatic rings. The summed E-state index contributed by atoms with van der Waals surface area (Å²) in [5, 5.41) is 13.7. The van der Waals surface area contributed by atoms with Gasteiger partial charge in [0.2, 0.25) is 0 Å². The molecule has 2 aromatic rings. The van der Waals surface area contributed by atoms with Crippen molar-refractivity contribution in [2.24, 2.45) is 0 Å². The average molecular weight is 350 g/mol. The Bertz CT molecular complexity index is 754. The van der Waals surface area contributed by atoms with Crippen molar-refractivity contribution in [3.63, 3.8) is 0 Å². The van der Waals surface area contributed by atoms with Crippen LogP contribution in [0.15, 0.2) is 48.5 Å². The molecule has 2 N–H and O–H groups in total. The molecular formula is C22H26N2O2. The van der Waals surface area contributed by atoms with E-state index in [-0.39, 0.29) is 6.61 Å². The van der Waals surface area contributed by atoms with Gasteiger partial charge in [0.05, 0.1) is 6.10 Å². The van der Waals surface area contributed by atoms with Crippen molar-refractivity contribution in [2.75, 3.05) is 26.2 Å². The highest BCUT2D eigenvalue weighted by Gasteiger charge is 2.18. The molecule has 26 heavy (non-hydrogen) atoms. The van der Waals surface area contributed by atoms with Gasteiger partial charge < -0.3 is 15.2 Å². The molecule has 4 heteroatoms. The minimum absolute atomic E-state index is 0.260. The number of aliphatic hydroxyl groups excluding tert-OH is 1. The third-order valence-electron chi connectivity index (χ3n) is 4.66.